The molecule has 1 fully saturated rings. The van der Waals surface area contributed by atoms with Crippen molar-refractivity contribution < 1.29 is 34.6 Å². The highest BCUT2D eigenvalue weighted by Gasteiger charge is 2.44. The lowest BCUT2D eigenvalue weighted by Crippen LogP contribution is -2.55. The first-order valence-corrected chi connectivity index (χ1v) is 11.2. The van der Waals surface area contributed by atoms with Gasteiger partial charge in [-0.05, 0) is 60.7 Å². The van der Waals surface area contributed by atoms with Crippen LogP contribution in [0.3, 0.4) is 0 Å². The van der Waals surface area contributed by atoms with Crippen LogP contribution in [0.2, 0.25) is 5.02 Å². The highest BCUT2D eigenvalue weighted by atomic mass is 35.5. The van der Waals surface area contributed by atoms with Crippen molar-refractivity contribution in [3.63, 3.8) is 0 Å². The van der Waals surface area contributed by atoms with E-state index in [0.717, 1.165) is 16.9 Å². The van der Waals surface area contributed by atoms with Gasteiger partial charge in [0.05, 0.1) is 19.8 Å². The molecule has 0 bridgehead atoms. The van der Waals surface area contributed by atoms with Crippen LogP contribution in [0.1, 0.15) is 42.2 Å². The molecule has 1 aliphatic rings. The minimum atomic E-state index is -1.46. The largest absolute Gasteiger partial charge is 0.494 e. The predicted molar refractivity (Wildman–Crippen MR) is 120 cm³/mol. The molecule has 1 aliphatic heterocycles. The third kappa shape index (κ3) is 5.61. The maximum atomic E-state index is 10.7. The van der Waals surface area contributed by atoms with Gasteiger partial charge < -0.3 is 34.6 Å². The van der Waals surface area contributed by atoms with Gasteiger partial charge in [0.2, 0.25) is 0 Å². The zero-order chi connectivity index (χ0) is 23.3. The molecule has 5 atom stereocenters. The molecule has 0 spiro atoms. The minimum Gasteiger partial charge on any atom is -0.494 e. The Morgan fingerprint density at radius 3 is 2.28 bits per heavy atom. The smallest absolute Gasteiger partial charge is 0.119 e. The molecule has 0 amide bonds. The fraction of sp³-hybridized carbons (Fsp3) is 0.500. The van der Waals surface area contributed by atoms with Gasteiger partial charge in [0, 0.05) is 11.6 Å². The van der Waals surface area contributed by atoms with Crippen molar-refractivity contribution in [1.82, 2.24) is 0 Å². The van der Waals surface area contributed by atoms with Crippen LogP contribution in [0, 0.1) is 0 Å². The zero-order valence-electron chi connectivity index (χ0n) is 18.3. The third-order valence-electron chi connectivity index (χ3n) is 5.60. The number of ether oxygens (including phenoxy) is 3. The summed E-state index contributed by atoms with van der Waals surface area (Å²) in [4.78, 5) is 0. The Bertz CT molecular complexity index is 871. The maximum Gasteiger partial charge on any atom is 0.119 e. The third-order valence-corrected chi connectivity index (χ3v) is 5.95. The number of benzene rings is 2. The first-order valence-electron chi connectivity index (χ1n) is 10.8. The van der Waals surface area contributed by atoms with Crippen LogP contribution in [-0.2, 0) is 22.5 Å². The van der Waals surface area contributed by atoms with Gasteiger partial charge >= 0.3 is 0 Å². The summed E-state index contributed by atoms with van der Waals surface area (Å²) in [5.74, 6) is 0.788. The van der Waals surface area contributed by atoms with Gasteiger partial charge in [-0.15, -0.1) is 0 Å². The van der Waals surface area contributed by atoms with Crippen molar-refractivity contribution in [2.24, 2.45) is 0 Å². The molecule has 7 nitrogen and oxygen atoms in total. The van der Waals surface area contributed by atoms with Crippen LogP contribution in [0.4, 0.5) is 0 Å². The van der Waals surface area contributed by atoms with Crippen molar-refractivity contribution in [2.45, 2.75) is 57.4 Å². The van der Waals surface area contributed by atoms with Crippen molar-refractivity contribution in [3.8, 4) is 5.75 Å². The summed E-state index contributed by atoms with van der Waals surface area (Å²) >= 11 is 6.58. The topological polar surface area (TPSA) is 109 Å². The van der Waals surface area contributed by atoms with Gasteiger partial charge in [0.15, 0.2) is 0 Å². The highest BCUT2D eigenvalue weighted by Crippen LogP contribution is 2.37. The summed E-state index contributed by atoms with van der Waals surface area (Å²) in [6.45, 7) is 4.63. The first kappa shape index (κ1) is 24.9. The quantitative estimate of drug-likeness (QED) is 0.449. The van der Waals surface area contributed by atoms with Gasteiger partial charge in [-0.3, -0.25) is 0 Å². The lowest BCUT2D eigenvalue weighted by Gasteiger charge is -2.41. The highest BCUT2D eigenvalue weighted by molar-refractivity contribution is 6.31. The predicted octanol–water partition coefficient (Wildman–Crippen LogP) is 2.38. The summed E-state index contributed by atoms with van der Waals surface area (Å²) in [5, 5.41) is 41.2. The number of rotatable bonds is 9. The normalized spacial score (nSPS) is 25.7. The Kier molecular flexibility index (Phi) is 8.90. The molecule has 176 valence electrons. The van der Waals surface area contributed by atoms with Crippen LogP contribution in [0.15, 0.2) is 36.4 Å². The average Bonchev–Trinajstić information content (AvgIpc) is 2.79. The molecular formula is C24H31ClO7. The van der Waals surface area contributed by atoms with Gasteiger partial charge in [0.25, 0.3) is 0 Å². The molecular weight excluding hydrogens is 436 g/mol. The standard InChI is InChI=1S/C24H31ClO7/c1-3-30-13-16-11-19(25)15(9-14-5-7-17(8-6-14)31-4-2)10-18(16)24-23(29)22(28)21(27)20(12-26)32-24/h5-8,10-11,20-24,26-29H,3-4,9,12-13H2,1-2H3/t20-,21-,22+,23-,24+/m1/s1. The lowest BCUT2D eigenvalue weighted by atomic mass is 9.87. The Labute approximate surface area is 193 Å². The molecule has 0 aliphatic carbocycles. The van der Waals surface area contributed by atoms with E-state index >= 15 is 0 Å². The van der Waals surface area contributed by atoms with E-state index in [-0.39, 0.29) is 6.61 Å². The summed E-state index contributed by atoms with van der Waals surface area (Å²) in [6, 6.07) is 11.3. The van der Waals surface area contributed by atoms with Gasteiger partial charge in [-0.2, -0.15) is 0 Å². The summed E-state index contributed by atoms with van der Waals surface area (Å²) in [6.07, 6.45) is -5.69. The van der Waals surface area contributed by atoms with E-state index in [2.05, 4.69) is 0 Å². The molecule has 2 aromatic rings. The second kappa shape index (κ2) is 11.4. The monoisotopic (exact) mass is 466 g/mol. The van der Waals surface area contributed by atoms with Crippen LogP contribution < -0.4 is 4.74 Å². The number of halogens is 1. The molecule has 3 rings (SSSR count). The SMILES string of the molecule is CCOCc1cc(Cl)c(Cc2ccc(OCC)cc2)cc1[C@@H]1O[C@H](CO)[C@@H](O)[C@H](O)[C@H]1O. The minimum absolute atomic E-state index is 0.240. The first-order chi connectivity index (χ1) is 15.4. The summed E-state index contributed by atoms with van der Waals surface area (Å²) in [7, 11) is 0. The second-order valence-electron chi connectivity index (χ2n) is 7.78. The Balaban J connectivity index is 1.95. The molecule has 1 heterocycles. The average molecular weight is 467 g/mol. The molecule has 0 unspecified atom stereocenters. The van der Waals surface area contributed by atoms with E-state index in [1.807, 2.05) is 44.2 Å². The Morgan fingerprint density at radius 1 is 0.938 bits per heavy atom. The van der Waals surface area contributed by atoms with Gasteiger partial charge in [-0.1, -0.05) is 29.8 Å². The van der Waals surface area contributed by atoms with E-state index in [1.54, 1.807) is 6.07 Å². The summed E-state index contributed by atoms with van der Waals surface area (Å²) in [5.41, 5.74) is 3.13. The van der Waals surface area contributed by atoms with E-state index in [1.165, 1.54) is 0 Å². The van der Waals surface area contributed by atoms with Crippen LogP contribution in [-0.4, -0.2) is 64.7 Å². The maximum absolute atomic E-state index is 10.7. The fourth-order valence-electron chi connectivity index (χ4n) is 3.86. The number of aliphatic hydroxyl groups excluding tert-OH is 4. The van der Waals surface area contributed by atoms with Crippen LogP contribution in [0.25, 0.3) is 0 Å². The zero-order valence-corrected chi connectivity index (χ0v) is 19.0. The van der Waals surface area contributed by atoms with E-state index in [0.29, 0.717) is 35.8 Å². The Hall–Kier alpha value is -1.71. The molecule has 0 aromatic heterocycles. The molecule has 1 saturated heterocycles. The van der Waals surface area contributed by atoms with Gasteiger partial charge in [0.1, 0.15) is 36.3 Å². The molecule has 32 heavy (non-hydrogen) atoms. The van der Waals surface area contributed by atoms with Crippen molar-refractivity contribution in [1.29, 1.82) is 0 Å². The number of hydrogen-bond acceptors (Lipinski definition) is 7. The van der Waals surface area contributed by atoms with Crippen molar-refractivity contribution in [2.75, 3.05) is 19.8 Å². The molecule has 2 aromatic carbocycles. The number of aliphatic hydroxyl groups is 4. The number of hydrogen-bond donors (Lipinski definition) is 4. The Morgan fingerprint density at radius 2 is 1.66 bits per heavy atom. The van der Waals surface area contributed by atoms with E-state index < -0.39 is 37.1 Å². The molecule has 0 saturated carbocycles. The van der Waals surface area contributed by atoms with Crippen molar-refractivity contribution in [3.05, 3.63) is 63.7 Å². The van der Waals surface area contributed by atoms with Crippen LogP contribution in [0.5, 0.6) is 5.75 Å². The van der Waals surface area contributed by atoms with Gasteiger partial charge in [-0.25, -0.2) is 0 Å². The van der Waals surface area contributed by atoms with Crippen molar-refractivity contribution >= 4 is 11.6 Å². The second-order valence-corrected chi connectivity index (χ2v) is 8.19. The molecule has 4 N–H and O–H groups in total. The van der Waals surface area contributed by atoms with E-state index in [4.69, 9.17) is 25.8 Å². The lowest BCUT2D eigenvalue weighted by molar-refractivity contribution is -0.232. The fourth-order valence-corrected chi connectivity index (χ4v) is 4.12. The van der Waals surface area contributed by atoms with Crippen LogP contribution >= 0.6 is 11.6 Å². The summed E-state index contributed by atoms with van der Waals surface area (Å²) < 4.78 is 16.9. The molecule has 0 radical (unpaired) electrons. The van der Waals surface area contributed by atoms with E-state index in [9.17, 15) is 20.4 Å². The molecule has 8 heteroatoms.